The number of hydrogen-bond acceptors (Lipinski definition) is 7. The molecule has 4 aromatic heterocycles. The van der Waals surface area contributed by atoms with Crippen LogP contribution in [-0.4, -0.2) is 34.1 Å². The lowest BCUT2D eigenvalue weighted by Gasteiger charge is -2.19. The van der Waals surface area contributed by atoms with Crippen LogP contribution in [0, 0.1) is 21.7 Å². The minimum Gasteiger partial charge on any atom is -0.318 e. The lowest BCUT2D eigenvalue weighted by Crippen LogP contribution is -2.23. The number of aromatic nitrogens is 7. The average Bonchev–Trinajstić information content (AvgIpc) is 3.04. The molecule has 0 saturated carbocycles. The van der Waals surface area contributed by atoms with Gasteiger partial charge in [-0.2, -0.15) is 0 Å². The number of nitrogens with zero attached hydrogens (tertiary/aromatic N) is 7. The molecule has 0 aliphatic heterocycles. The fourth-order valence-corrected chi connectivity index (χ4v) is 3.36. The second-order valence-corrected chi connectivity index (χ2v) is 26.8. The van der Waals surface area contributed by atoms with Crippen LogP contribution in [-0.2, 0) is 35.8 Å². The third-order valence-corrected chi connectivity index (χ3v) is 6.35. The van der Waals surface area contributed by atoms with Gasteiger partial charge in [0.1, 0.15) is 12.2 Å². The molecule has 0 aliphatic rings. The summed E-state index contributed by atoms with van der Waals surface area (Å²) in [6, 6.07) is 7.28. The van der Waals surface area contributed by atoms with Crippen molar-refractivity contribution < 1.29 is 0 Å². The van der Waals surface area contributed by atoms with E-state index in [1.165, 1.54) is 10.1 Å². The Hall–Kier alpha value is -4.01. The van der Waals surface area contributed by atoms with E-state index in [1.807, 2.05) is 30.6 Å². The first-order chi connectivity index (χ1) is 28.0. The lowest BCUT2D eigenvalue weighted by molar-refractivity contribution is 0.469. The Bertz CT molecular complexity index is 1720. The number of hydrogen-bond donors (Lipinski definition) is 0. The minimum absolute atomic E-state index is 0.0444. The zero-order valence-electron chi connectivity index (χ0n) is 47.3. The zero-order valence-corrected chi connectivity index (χ0v) is 47.3. The van der Waals surface area contributed by atoms with Crippen LogP contribution >= 0.6 is 0 Å². The largest absolute Gasteiger partial charge is 0.347 e. The number of pyridine rings is 1. The molecule has 9 heteroatoms. The van der Waals surface area contributed by atoms with E-state index in [9.17, 15) is 9.59 Å². The van der Waals surface area contributed by atoms with Crippen LogP contribution in [0.2, 0.25) is 0 Å². The van der Waals surface area contributed by atoms with E-state index in [-0.39, 0.29) is 32.9 Å². The standard InChI is InChI=1S/C10H15NO.C9H14N2O.2C8H12N2.4C5H12/c1-10(2,3)8-5-6-9(12)11(4)7-8;1-9(2,3)7-5-10-8(12)11(4)6-7;1-8(2,3)7-4-5-9-6-10-7;1-8(2,3)7-9-5-4-6-10-7;4*1-5(2,3)4/h5-7H,1-4H3;5-6H,1-4H3;2*4-6H,1-3H3;4*1-4H3. The summed E-state index contributed by atoms with van der Waals surface area (Å²) in [4.78, 5) is 42.0. The summed E-state index contributed by atoms with van der Waals surface area (Å²) in [5, 5.41) is 0. The van der Waals surface area contributed by atoms with Gasteiger partial charge in [0.25, 0.3) is 0 Å². The van der Waals surface area contributed by atoms with Crippen molar-refractivity contribution in [2.45, 2.75) is 216 Å². The van der Waals surface area contributed by atoms with Gasteiger partial charge in [-0.05, 0) is 55.7 Å². The molecule has 0 radical (unpaired) electrons. The van der Waals surface area contributed by atoms with Crippen LogP contribution in [0.4, 0.5) is 0 Å². The molecule has 368 valence electrons. The molecule has 4 rings (SSSR count). The molecule has 0 amide bonds. The number of aryl methyl sites for hydroxylation is 2. The molecule has 0 atom stereocenters. The topological polar surface area (TPSA) is 108 Å². The minimum atomic E-state index is -0.206. The molecule has 9 nitrogen and oxygen atoms in total. The molecule has 64 heavy (non-hydrogen) atoms. The highest BCUT2D eigenvalue weighted by Crippen LogP contribution is 2.21. The fraction of sp³-hybridized carbons (Fsp3) is 0.691. The van der Waals surface area contributed by atoms with Crippen molar-refractivity contribution >= 4 is 0 Å². The summed E-state index contributed by atoms with van der Waals surface area (Å²) in [6.07, 6.45) is 12.3. The molecule has 0 aromatic carbocycles. The van der Waals surface area contributed by atoms with Gasteiger partial charge in [0, 0.05) is 73.9 Å². The van der Waals surface area contributed by atoms with E-state index in [4.69, 9.17) is 0 Å². The molecule has 4 heterocycles. The molecule has 0 aliphatic carbocycles. The van der Waals surface area contributed by atoms with Gasteiger partial charge in [-0.3, -0.25) is 4.79 Å². The van der Waals surface area contributed by atoms with Gasteiger partial charge in [-0.25, -0.2) is 29.7 Å². The molecule has 0 spiro atoms. The smallest absolute Gasteiger partial charge is 0.318 e. The van der Waals surface area contributed by atoms with E-state index in [1.54, 1.807) is 55.8 Å². The van der Waals surface area contributed by atoms with Gasteiger partial charge >= 0.3 is 5.69 Å². The maximum Gasteiger partial charge on any atom is 0.347 e. The van der Waals surface area contributed by atoms with Crippen molar-refractivity contribution in [3.8, 4) is 0 Å². The van der Waals surface area contributed by atoms with Gasteiger partial charge in [0.05, 0.1) is 0 Å². The zero-order chi connectivity index (χ0) is 51.9. The van der Waals surface area contributed by atoms with Crippen LogP contribution < -0.4 is 11.2 Å². The predicted molar refractivity (Wildman–Crippen MR) is 281 cm³/mol. The quantitative estimate of drug-likeness (QED) is 0.173. The maximum absolute atomic E-state index is 11.1. The Morgan fingerprint density at radius 3 is 1.03 bits per heavy atom. The predicted octanol–water partition coefficient (Wildman–Crippen LogP) is 14.5. The lowest BCUT2D eigenvalue weighted by atomic mass is 9.88. The third-order valence-electron chi connectivity index (χ3n) is 6.35. The Balaban J connectivity index is -0.000000331. The second-order valence-electron chi connectivity index (χ2n) is 26.8. The van der Waals surface area contributed by atoms with Gasteiger partial charge in [0.2, 0.25) is 5.56 Å². The van der Waals surface area contributed by atoms with Crippen LogP contribution in [0.5, 0.6) is 0 Å². The first kappa shape index (κ1) is 66.6. The summed E-state index contributed by atoms with van der Waals surface area (Å²) in [5.74, 6) is 0.898. The third kappa shape index (κ3) is 49.0. The van der Waals surface area contributed by atoms with Crippen molar-refractivity contribution in [2.75, 3.05) is 0 Å². The molecule has 4 aromatic rings. The molecular formula is C55H101N7O2. The monoisotopic (exact) mass is 892 g/mol. The van der Waals surface area contributed by atoms with Crippen molar-refractivity contribution in [1.82, 2.24) is 34.1 Å². The molecule has 0 saturated heterocycles. The van der Waals surface area contributed by atoms with Crippen molar-refractivity contribution in [3.63, 3.8) is 0 Å². The van der Waals surface area contributed by atoms with E-state index >= 15 is 0 Å². The fourth-order valence-electron chi connectivity index (χ4n) is 3.36. The van der Waals surface area contributed by atoms with Crippen LogP contribution in [0.25, 0.3) is 0 Å². The normalized spacial score (nSPS) is 11.7. The average molecular weight is 892 g/mol. The first-order valence-corrected chi connectivity index (χ1v) is 22.8. The Kier molecular flexibility index (Phi) is 29.3. The van der Waals surface area contributed by atoms with Crippen LogP contribution in [0.15, 0.2) is 77.4 Å². The van der Waals surface area contributed by atoms with Gasteiger partial charge in [-0.1, -0.05) is 200 Å². The summed E-state index contributed by atoms with van der Waals surface area (Å²) in [6.45, 7) is 60.4. The Morgan fingerprint density at radius 2 is 0.781 bits per heavy atom. The highest BCUT2D eigenvalue weighted by Gasteiger charge is 2.16. The molecule has 0 N–H and O–H groups in total. The Labute approximate surface area is 395 Å². The second kappa shape index (κ2) is 28.1. The van der Waals surface area contributed by atoms with Crippen LogP contribution in [0.1, 0.15) is 217 Å². The highest BCUT2D eigenvalue weighted by molar-refractivity contribution is 5.18. The van der Waals surface area contributed by atoms with E-state index < -0.39 is 0 Å². The SMILES string of the molecule is CC(C)(C)C.CC(C)(C)C.CC(C)(C)C.CC(C)(C)C.CC(C)(C)c1ccncn1.CC(C)(C)c1ncccn1.Cn1cc(C(C)(C)C)ccc1=O.Cn1cc(C(C)(C)C)cnc1=O. The maximum atomic E-state index is 11.1. The van der Waals surface area contributed by atoms with E-state index in [0.29, 0.717) is 21.7 Å². The summed E-state index contributed by atoms with van der Waals surface area (Å²) < 4.78 is 3.11. The van der Waals surface area contributed by atoms with Gasteiger partial charge < -0.3 is 9.13 Å². The van der Waals surface area contributed by atoms with Crippen LogP contribution in [0.3, 0.4) is 0 Å². The molecule has 0 unspecified atom stereocenters. The van der Waals surface area contributed by atoms with E-state index in [0.717, 1.165) is 17.1 Å². The van der Waals surface area contributed by atoms with Crippen molar-refractivity contribution in [3.05, 3.63) is 111 Å². The van der Waals surface area contributed by atoms with Crippen molar-refractivity contribution in [2.24, 2.45) is 35.8 Å². The summed E-state index contributed by atoms with van der Waals surface area (Å²) in [7, 11) is 3.49. The molecule has 0 fully saturated rings. The van der Waals surface area contributed by atoms with Gasteiger partial charge in [-0.15, -0.1) is 0 Å². The van der Waals surface area contributed by atoms with Crippen molar-refractivity contribution in [1.29, 1.82) is 0 Å². The summed E-state index contributed by atoms with van der Waals surface area (Å²) >= 11 is 0. The van der Waals surface area contributed by atoms with Gasteiger partial charge in [0.15, 0.2) is 0 Å². The highest BCUT2D eigenvalue weighted by atomic mass is 16.1. The van der Waals surface area contributed by atoms with E-state index in [2.05, 4.69) is 219 Å². The molecular weight excluding hydrogens is 791 g/mol. The molecule has 0 bridgehead atoms. The number of rotatable bonds is 0. The first-order valence-electron chi connectivity index (χ1n) is 22.8. The Morgan fingerprint density at radius 1 is 0.406 bits per heavy atom. The summed E-state index contributed by atoms with van der Waals surface area (Å²) in [5.41, 5.74) is 5.57.